The van der Waals surface area contributed by atoms with Gasteiger partial charge in [0.15, 0.2) is 11.6 Å². The lowest BCUT2D eigenvalue weighted by atomic mass is 10.0. The van der Waals surface area contributed by atoms with E-state index < -0.39 is 0 Å². The summed E-state index contributed by atoms with van der Waals surface area (Å²) in [7, 11) is 0. The first-order valence-electron chi connectivity index (χ1n) is 10.7. The van der Waals surface area contributed by atoms with Gasteiger partial charge in [-0.25, -0.2) is 0 Å². The molecule has 0 spiro atoms. The summed E-state index contributed by atoms with van der Waals surface area (Å²) in [6, 6.07) is 26.5. The molecule has 4 aromatic carbocycles. The van der Waals surface area contributed by atoms with E-state index in [1.807, 2.05) is 60.7 Å². The van der Waals surface area contributed by atoms with Crippen molar-refractivity contribution in [2.45, 2.75) is 0 Å². The van der Waals surface area contributed by atoms with Crippen molar-refractivity contribution in [1.82, 2.24) is 0 Å². The van der Waals surface area contributed by atoms with E-state index in [1.54, 1.807) is 24.3 Å². The van der Waals surface area contributed by atoms with Crippen molar-refractivity contribution < 1.29 is 9.59 Å². The Bertz CT molecular complexity index is 1420. The number of hydrogen-bond acceptors (Lipinski definition) is 2. The van der Waals surface area contributed by atoms with E-state index in [2.05, 4.69) is 36.8 Å². The molecule has 0 saturated carbocycles. The monoisotopic (exact) mass is 436 g/mol. The van der Waals surface area contributed by atoms with Gasteiger partial charge in [0.2, 0.25) is 0 Å². The molecular formula is C32H20O2. The largest absolute Gasteiger partial charge is 0.289 e. The van der Waals surface area contributed by atoms with E-state index in [1.165, 1.54) is 12.2 Å². The topological polar surface area (TPSA) is 34.1 Å². The summed E-state index contributed by atoms with van der Waals surface area (Å²) >= 11 is 0. The normalized spacial score (nSPS) is 9.76. The number of allylic oxidation sites excluding steroid dienone is 2. The Balaban J connectivity index is 1.51. The van der Waals surface area contributed by atoms with E-state index in [9.17, 15) is 9.59 Å². The van der Waals surface area contributed by atoms with Gasteiger partial charge in [0.05, 0.1) is 0 Å². The molecule has 0 amide bonds. The van der Waals surface area contributed by atoms with Crippen molar-refractivity contribution in [3.63, 3.8) is 0 Å². The second-order valence-corrected chi connectivity index (χ2v) is 7.57. The van der Waals surface area contributed by atoms with E-state index in [0.29, 0.717) is 11.1 Å². The number of rotatable bonds is 4. The number of ketones is 2. The quantitative estimate of drug-likeness (QED) is 0.211. The minimum Gasteiger partial charge on any atom is -0.289 e. The summed E-state index contributed by atoms with van der Waals surface area (Å²) in [6.45, 7) is 7.01. The van der Waals surface area contributed by atoms with Crippen molar-refractivity contribution in [3.8, 4) is 23.7 Å². The smallest absolute Gasteiger partial charge is 0.185 e. The lowest BCUT2D eigenvalue weighted by molar-refractivity contribution is 0.103. The molecule has 0 aromatic heterocycles. The third kappa shape index (κ3) is 5.28. The Labute approximate surface area is 199 Å². The highest BCUT2D eigenvalue weighted by Crippen LogP contribution is 2.18. The van der Waals surface area contributed by atoms with Crippen molar-refractivity contribution >= 4 is 22.3 Å². The van der Waals surface area contributed by atoms with Crippen LogP contribution in [0.3, 0.4) is 0 Å². The summed E-state index contributed by atoms with van der Waals surface area (Å²) in [4.78, 5) is 23.3. The molecule has 160 valence electrons. The molecule has 0 bridgehead atoms. The lowest BCUT2D eigenvalue weighted by Crippen LogP contribution is -1.92. The molecule has 34 heavy (non-hydrogen) atoms. The lowest BCUT2D eigenvalue weighted by Gasteiger charge is -2.00. The Morgan fingerprint density at radius 1 is 0.500 bits per heavy atom. The van der Waals surface area contributed by atoms with E-state index >= 15 is 0 Å². The molecule has 4 rings (SSSR count). The third-order valence-electron chi connectivity index (χ3n) is 5.25. The highest BCUT2D eigenvalue weighted by molar-refractivity contribution is 6.04. The Morgan fingerprint density at radius 2 is 0.824 bits per heavy atom. The molecular weight excluding hydrogens is 416 g/mol. The van der Waals surface area contributed by atoms with E-state index in [0.717, 1.165) is 33.0 Å². The van der Waals surface area contributed by atoms with Crippen LogP contribution in [-0.4, -0.2) is 11.6 Å². The van der Waals surface area contributed by atoms with Gasteiger partial charge < -0.3 is 0 Å². The molecule has 2 nitrogen and oxygen atoms in total. The summed E-state index contributed by atoms with van der Waals surface area (Å²) in [6.07, 6.45) is 2.61. The predicted octanol–water partition coefficient (Wildman–Crippen LogP) is 6.38. The molecule has 0 fully saturated rings. The van der Waals surface area contributed by atoms with Gasteiger partial charge in [-0.05, 0) is 95.7 Å². The molecule has 0 saturated heterocycles. The number of fused-ring (bicyclic) bond motifs is 1. The van der Waals surface area contributed by atoms with Gasteiger partial charge in [0.1, 0.15) is 0 Å². The van der Waals surface area contributed by atoms with Crippen LogP contribution in [-0.2, 0) is 0 Å². The van der Waals surface area contributed by atoms with Crippen LogP contribution in [0, 0.1) is 23.7 Å². The molecule has 0 atom stereocenters. The number of carbonyl (C=O) groups excluding carboxylic acids is 2. The van der Waals surface area contributed by atoms with E-state index in [4.69, 9.17) is 0 Å². The summed E-state index contributed by atoms with van der Waals surface area (Å²) in [5.74, 6) is 12.4. The minimum absolute atomic E-state index is 0.101. The summed E-state index contributed by atoms with van der Waals surface area (Å²) in [5.41, 5.74) is 4.70. The van der Waals surface area contributed by atoms with Crippen LogP contribution in [0.4, 0.5) is 0 Å². The van der Waals surface area contributed by atoms with Crippen LogP contribution >= 0.6 is 0 Å². The SMILES string of the molecule is C=CC(=O)c1ccc(C#Cc2ccc3cc(C#Cc4ccc(C(=O)C=C)cc4)ccc3c2)cc1. The van der Waals surface area contributed by atoms with Gasteiger partial charge in [-0.3, -0.25) is 9.59 Å². The van der Waals surface area contributed by atoms with Crippen molar-refractivity contribution in [2.24, 2.45) is 0 Å². The predicted molar refractivity (Wildman–Crippen MR) is 138 cm³/mol. The van der Waals surface area contributed by atoms with Crippen molar-refractivity contribution in [2.75, 3.05) is 0 Å². The van der Waals surface area contributed by atoms with Crippen LogP contribution < -0.4 is 0 Å². The van der Waals surface area contributed by atoms with Gasteiger partial charge >= 0.3 is 0 Å². The molecule has 4 aromatic rings. The standard InChI is InChI=1S/C32H20O2/c1-3-31(33)27-15-9-23(10-16-27)5-7-25-13-19-30-22-26(14-20-29(30)21-25)8-6-24-11-17-28(18-12-24)32(34)4-2/h3-4,9-22H,1-2H2. The van der Waals surface area contributed by atoms with Crippen LogP contribution in [0.15, 0.2) is 110 Å². The molecule has 0 heterocycles. The highest BCUT2D eigenvalue weighted by atomic mass is 16.1. The summed E-state index contributed by atoms with van der Waals surface area (Å²) in [5, 5.41) is 2.16. The number of hydrogen-bond donors (Lipinski definition) is 0. The van der Waals surface area contributed by atoms with Crippen LogP contribution in [0.5, 0.6) is 0 Å². The Kier molecular flexibility index (Phi) is 6.64. The summed E-state index contributed by atoms with van der Waals surface area (Å²) < 4.78 is 0. The van der Waals surface area contributed by atoms with Crippen molar-refractivity contribution in [1.29, 1.82) is 0 Å². The second kappa shape index (κ2) is 10.1. The zero-order valence-electron chi connectivity index (χ0n) is 18.5. The van der Waals surface area contributed by atoms with Gasteiger partial charge in [-0.15, -0.1) is 0 Å². The fourth-order valence-corrected chi connectivity index (χ4v) is 3.36. The number of carbonyl (C=O) groups is 2. The fraction of sp³-hybridized carbons (Fsp3) is 0. The average Bonchev–Trinajstić information content (AvgIpc) is 2.90. The van der Waals surface area contributed by atoms with Crippen molar-refractivity contribution in [3.05, 3.63) is 144 Å². The molecule has 2 heteroatoms. The maximum absolute atomic E-state index is 11.6. The number of benzene rings is 4. The molecule has 0 aliphatic heterocycles. The van der Waals surface area contributed by atoms with Gasteiger partial charge in [0, 0.05) is 33.4 Å². The first-order chi connectivity index (χ1) is 16.6. The molecule has 0 radical (unpaired) electrons. The van der Waals surface area contributed by atoms with Gasteiger partial charge in [-0.2, -0.15) is 0 Å². The molecule has 0 unspecified atom stereocenters. The van der Waals surface area contributed by atoms with E-state index in [-0.39, 0.29) is 11.6 Å². The average molecular weight is 437 g/mol. The third-order valence-corrected chi connectivity index (χ3v) is 5.25. The maximum atomic E-state index is 11.6. The van der Waals surface area contributed by atoms with Crippen LogP contribution in [0.25, 0.3) is 10.8 Å². The zero-order chi connectivity index (χ0) is 23.9. The molecule has 0 aliphatic rings. The van der Waals surface area contributed by atoms with Crippen LogP contribution in [0.1, 0.15) is 43.0 Å². The second-order valence-electron chi connectivity index (χ2n) is 7.57. The molecule has 0 N–H and O–H groups in total. The first kappa shape index (κ1) is 22.3. The minimum atomic E-state index is -0.101. The van der Waals surface area contributed by atoms with Gasteiger partial charge in [0.25, 0.3) is 0 Å². The fourth-order valence-electron chi connectivity index (χ4n) is 3.36. The maximum Gasteiger partial charge on any atom is 0.185 e. The Hall–Kier alpha value is -4.92. The first-order valence-corrected chi connectivity index (χ1v) is 10.7. The molecule has 0 aliphatic carbocycles. The Morgan fingerprint density at radius 3 is 1.18 bits per heavy atom. The van der Waals surface area contributed by atoms with Gasteiger partial charge in [-0.1, -0.05) is 49.0 Å². The highest BCUT2D eigenvalue weighted by Gasteiger charge is 2.01. The van der Waals surface area contributed by atoms with Crippen LogP contribution in [0.2, 0.25) is 0 Å². The zero-order valence-corrected chi connectivity index (χ0v) is 18.5.